The average Bonchev–Trinajstić information content (AvgIpc) is 3.23. The van der Waals surface area contributed by atoms with Crippen LogP contribution in [0.15, 0.2) is 36.7 Å². The number of nitrogens with one attached hydrogen (secondary N) is 1. The highest BCUT2D eigenvalue weighted by molar-refractivity contribution is 5.83. The molecule has 1 aromatic carbocycles. The van der Waals surface area contributed by atoms with Crippen LogP contribution in [0.4, 0.5) is 20.5 Å². The summed E-state index contributed by atoms with van der Waals surface area (Å²) in [5, 5.41) is 3.05. The van der Waals surface area contributed by atoms with Gasteiger partial charge in [-0.2, -0.15) is 0 Å². The summed E-state index contributed by atoms with van der Waals surface area (Å²) in [6.45, 7) is 17.6. The largest absolute Gasteiger partial charge is 0.326 e. The molecule has 5 rings (SSSR count). The molecule has 0 bridgehead atoms. The number of hydrogen-bond donors (Lipinski definition) is 1. The fraction of sp³-hybridized carbons (Fsp3) is 0.448. The van der Waals surface area contributed by atoms with E-state index in [4.69, 9.17) is 0 Å². The van der Waals surface area contributed by atoms with Crippen molar-refractivity contribution < 1.29 is 8.78 Å². The second-order valence-electron chi connectivity index (χ2n) is 11.4. The first-order chi connectivity index (χ1) is 18.5. The van der Waals surface area contributed by atoms with Gasteiger partial charge >= 0.3 is 0 Å². The number of pyridine rings is 1. The number of aromatic nitrogens is 5. The van der Waals surface area contributed by atoms with E-state index in [2.05, 4.69) is 55.8 Å². The molecule has 0 radical (unpaired) electrons. The van der Waals surface area contributed by atoms with Crippen LogP contribution in [0.1, 0.15) is 52.0 Å². The van der Waals surface area contributed by atoms with E-state index in [-0.39, 0.29) is 28.7 Å². The second kappa shape index (κ2) is 10.6. The summed E-state index contributed by atoms with van der Waals surface area (Å²) in [5.41, 5.74) is 2.50. The zero-order valence-electron chi connectivity index (χ0n) is 23.5. The van der Waals surface area contributed by atoms with Gasteiger partial charge in [-0.15, -0.1) is 0 Å². The van der Waals surface area contributed by atoms with E-state index in [1.807, 2.05) is 43.7 Å². The van der Waals surface area contributed by atoms with Gasteiger partial charge in [0.05, 0.1) is 11.7 Å². The van der Waals surface area contributed by atoms with Crippen molar-refractivity contribution in [2.24, 2.45) is 0 Å². The van der Waals surface area contributed by atoms with E-state index in [0.29, 0.717) is 22.7 Å². The smallest absolute Gasteiger partial charge is 0.229 e. The quantitative estimate of drug-likeness (QED) is 0.339. The van der Waals surface area contributed by atoms with Crippen LogP contribution >= 0.6 is 0 Å². The average molecular weight is 535 g/mol. The highest BCUT2D eigenvalue weighted by atomic mass is 19.1. The molecule has 4 heterocycles. The number of hydrogen-bond acceptors (Lipinski definition) is 7. The first-order valence-corrected chi connectivity index (χ1v) is 13.4. The highest BCUT2D eigenvalue weighted by Gasteiger charge is 2.25. The molecule has 0 spiro atoms. The minimum atomic E-state index is -0.638. The van der Waals surface area contributed by atoms with Crippen LogP contribution in [-0.2, 0) is 6.54 Å². The first-order valence-electron chi connectivity index (χ1n) is 13.4. The van der Waals surface area contributed by atoms with Crippen LogP contribution in [0.25, 0.3) is 22.3 Å². The van der Waals surface area contributed by atoms with Gasteiger partial charge in [0, 0.05) is 56.1 Å². The van der Waals surface area contributed by atoms with Gasteiger partial charge in [-0.1, -0.05) is 6.07 Å². The Labute approximate surface area is 228 Å². The lowest BCUT2D eigenvalue weighted by Gasteiger charge is -2.42. The molecule has 1 aliphatic heterocycles. The van der Waals surface area contributed by atoms with Gasteiger partial charge in [0.2, 0.25) is 5.95 Å². The Hall–Kier alpha value is -3.50. The van der Waals surface area contributed by atoms with Gasteiger partial charge in [-0.25, -0.2) is 28.7 Å². The van der Waals surface area contributed by atoms with Crippen LogP contribution in [-0.4, -0.2) is 66.0 Å². The Balaban J connectivity index is 1.31. The summed E-state index contributed by atoms with van der Waals surface area (Å²) >= 11 is 0. The fourth-order valence-electron chi connectivity index (χ4n) is 5.23. The third-order valence-corrected chi connectivity index (χ3v) is 7.25. The Morgan fingerprint density at radius 3 is 2.33 bits per heavy atom. The number of aryl methyl sites for hydroxylation is 1. The van der Waals surface area contributed by atoms with E-state index >= 15 is 0 Å². The Kier molecular flexibility index (Phi) is 7.35. The van der Waals surface area contributed by atoms with Gasteiger partial charge in [0.25, 0.3) is 0 Å². The van der Waals surface area contributed by atoms with Gasteiger partial charge in [-0.3, -0.25) is 9.80 Å². The number of nitrogens with zero attached hydrogens (tertiary/aromatic N) is 7. The van der Waals surface area contributed by atoms with Gasteiger partial charge in [-0.05, 0) is 65.3 Å². The zero-order chi connectivity index (χ0) is 27.9. The lowest BCUT2D eigenvalue weighted by molar-refractivity contribution is 0.0590. The third kappa shape index (κ3) is 5.77. The van der Waals surface area contributed by atoms with Gasteiger partial charge in [0.15, 0.2) is 11.6 Å². The summed E-state index contributed by atoms with van der Waals surface area (Å²) in [5.74, 6) is 0.266. The number of imidazole rings is 1. The monoisotopic (exact) mass is 534 g/mol. The molecule has 1 saturated heterocycles. The van der Waals surface area contributed by atoms with Crippen molar-refractivity contribution in [2.45, 2.75) is 59.7 Å². The van der Waals surface area contributed by atoms with E-state index in [9.17, 15) is 8.78 Å². The molecule has 10 heteroatoms. The van der Waals surface area contributed by atoms with Crippen molar-refractivity contribution in [1.82, 2.24) is 34.3 Å². The summed E-state index contributed by atoms with van der Waals surface area (Å²) < 4.78 is 31.7. The third-order valence-electron chi connectivity index (χ3n) is 7.25. The Morgan fingerprint density at radius 1 is 0.949 bits per heavy atom. The van der Waals surface area contributed by atoms with Crippen molar-refractivity contribution >= 4 is 22.8 Å². The molecule has 0 saturated carbocycles. The zero-order valence-corrected chi connectivity index (χ0v) is 23.5. The van der Waals surface area contributed by atoms with Crippen LogP contribution < -0.4 is 5.32 Å². The van der Waals surface area contributed by atoms with Gasteiger partial charge < -0.3 is 9.88 Å². The van der Waals surface area contributed by atoms with Crippen LogP contribution in [0.2, 0.25) is 0 Å². The molecule has 206 valence electrons. The number of rotatable bonds is 6. The summed E-state index contributed by atoms with van der Waals surface area (Å²) in [7, 11) is 0. The predicted octanol–water partition coefficient (Wildman–Crippen LogP) is 5.72. The molecular formula is C29H36F2N8. The molecule has 1 fully saturated rings. The lowest BCUT2D eigenvalue weighted by atomic mass is 10.0. The SMILES string of the molecule is Cc1nc2c(F)cc(-c3nc(Nc4ccc(CN5CCN(C(C)(C)C)CC5)cn4)ncc3F)cc2n1C(C)C. The topological polar surface area (TPSA) is 75.0 Å². The second-order valence-corrected chi connectivity index (χ2v) is 11.4. The molecule has 0 amide bonds. The maximum atomic E-state index is 15.0. The van der Waals surface area contributed by atoms with Crippen LogP contribution in [0.3, 0.4) is 0 Å². The van der Waals surface area contributed by atoms with Crippen LogP contribution in [0.5, 0.6) is 0 Å². The standard InChI is InChI=1S/C29H36F2N8/c1-18(2)39-19(3)34-27-22(30)13-21(14-24(27)39)26-23(31)16-33-28(36-26)35-25-8-7-20(15-32-25)17-37-9-11-38(12-10-37)29(4,5)6/h7-8,13-16,18H,9-12,17H2,1-6H3,(H,32,33,35,36). The Bertz CT molecular complexity index is 1470. The highest BCUT2D eigenvalue weighted by Crippen LogP contribution is 2.30. The molecule has 0 aliphatic carbocycles. The molecule has 4 aromatic rings. The van der Waals surface area contributed by atoms with Crippen molar-refractivity contribution in [3.63, 3.8) is 0 Å². The van der Waals surface area contributed by atoms with E-state index in [1.54, 1.807) is 6.07 Å². The van der Waals surface area contributed by atoms with E-state index in [1.165, 1.54) is 6.07 Å². The maximum absolute atomic E-state index is 15.0. The summed E-state index contributed by atoms with van der Waals surface area (Å²) in [6.07, 6.45) is 2.92. The minimum Gasteiger partial charge on any atom is -0.326 e. The number of benzene rings is 1. The summed E-state index contributed by atoms with van der Waals surface area (Å²) in [6, 6.07) is 6.95. The normalized spacial score (nSPS) is 15.4. The summed E-state index contributed by atoms with van der Waals surface area (Å²) in [4.78, 5) is 22.3. The van der Waals surface area contributed by atoms with Crippen molar-refractivity contribution in [1.29, 1.82) is 0 Å². The number of fused-ring (bicyclic) bond motifs is 1. The van der Waals surface area contributed by atoms with Crippen LogP contribution in [0, 0.1) is 18.6 Å². The van der Waals surface area contributed by atoms with E-state index < -0.39 is 11.6 Å². The minimum absolute atomic E-state index is 0.00785. The molecule has 0 atom stereocenters. The molecule has 3 aromatic heterocycles. The number of anilines is 2. The fourth-order valence-corrected chi connectivity index (χ4v) is 5.23. The number of halogens is 2. The maximum Gasteiger partial charge on any atom is 0.229 e. The van der Waals surface area contributed by atoms with Crippen molar-refractivity contribution in [2.75, 3.05) is 31.5 Å². The Morgan fingerprint density at radius 2 is 1.69 bits per heavy atom. The lowest BCUT2D eigenvalue weighted by Crippen LogP contribution is -2.53. The number of piperazine rings is 1. The molecule has 39 heavy (non-hydrogen) atoms. The van der Waals surface area contributed by atoms with Crippen molar-refractivity contribution in [3.8, 4) is 11.3 Å². The molecule has 8 nitrogen and oxygen atoms in total. The molecule has 1 N–H and O–H groups in total. The van der Waals surface area contributed by atoms with Gasteiger partial charge in [0.1, 0.15) is 22.9 Å². The molecule has 1 aliphatic rings. The first kappa shape index (κ1) is 27.1. The predicted molar refractivity (Wildman–Crippen MR) is 150 cm³/mol. The molecular weight excluding hydrogens is 498 g/mol. The molecule has 0 unspecified atom stereocenters. The van der Waals surface area contributed by atoms with Crippen molar-refractivity contribution in [3.05, 3.63) is 59.7 Å². The van der Waals surface area contributed by atoms with E-state index in [0.717, 1.165) is 44.5 Å².